The summed E-state index contributed by atoms with van der Waals surface area (Å²) < 4.78 is 10.8. The molecule has 0 radical (unpaired) electrons. The lowest BCUT2D eigenvalue weighted by molar-refractivity contribution is 0.102. The number of hydrogen-bond donors (Lipinski definition) is 1. The predicted molar refractivity (Wildman–Crippen MR) is 124 cm³/mol. The lowest BCUT2D eigenvalue weighted by Crippen LogP contribution is -2.12. The Labute approximate surface area is 190 Å². The second kappa shape index (κ2) is 8.63. The number of aryl methyl sites for hydroxylation is 1. The summed E-state index contributed by atoms with van der Waals surface area (Å²) in [7, 11) is 0. The van der Waals surface area contributed by atoms with E-state index in [9.17, 15) is 4.79 Å². The SMILES string of the molecule is CCOc1ccc(-c2cc(NC(=O)c3ccc4c(Cl)c5c(nc4c3)CCCC5)on2)cc1. The Hall–Kier alpha value is -3.38. The van der Waals surface area contributed by atoms with Crippen molar-refractivity contribution < 1.29 is 14.1 Å². The van der Waals surface area contributed by atoms with Crippen LogP contribution in [-0.2, 0) is 12.8 Å². The van der Waals surface area contributed by atoms with Crippen molar-refractivity contribution in [2.45, 2.75) is 32.6 Å². The van der Waals surface area contributed by atoms with Crippen LogP contribution in [0, 0.1) is 0 Å². The molecule has 5 rings (SSSR count). The van der Waals surface area contributed by atoms with Gasteiger partial charge in [0, 0.05) is 28.3 Å². The molecule has 1 N–H and O–H groups in total. The molecule has 0 aliphatic heterocycles. The van der Waals surface area contributed by atoms with Gasteiger partial charge < -0.3 is 9.26 Å². The highest BCUT2D eigenvalue weighted by atomic mass is 35.5. The van der Waals surface area contributed by atoms with Gasteiger partial charge in [0.2, 0.25) is 5.88 Å². The number of ether oxygens (including phenoxy) is 1. The summed E-state index contributed by atoms with van der Waals surface area (Å²) >= 11 is 6.64. The van der Waals surface area contributed by atoms with Crippen LogP contribution in [0.5, 0.6) is 5.75 Å². The van der Waals surface area contributed by atoms with E-state index in [1.807, 2.05) is 37.3 Å². The van der Waals surface area contributed by atoms with E-state index in [-0.39, 0.29) is 11.8 Å². The van der Waals surface area contributed by atoms with Gasteiger partial charge in [-0.05, 0) is 74.6 Å². The first-order valence-electron chi connectivity index (χ1n) is 10.7. The number of anilines is 1. The van der Waals surface area contributed by atoms with Gasteiger partial charge in [-0.2, -0.15) is 0 Å². The van der Waals surface area contributed by atoms with E-state index >= 15 is 0 Å². The summed E-state index contributed by atoms with van der Waals surface area (Å²) in [4.78, 5) is 17.6. The maximum Gasteiger partial charge on any atom is 0.258 e. The fourth-order valence-corrected chi connectivity index (χ4v) is 4.41. The number of nitrogens with one attached hydrogen (secondary N) is 1. The van der Waals surface area contributed by atoms with Gasteiger partial charge in [-0.25, -0.2) is 0 Å². The van der Waals surface area contributed by atoms with Crippen molar-refractivity contribution in [1.82, 2.24) is 10.1 Å². The third-order valence-corrected chi connectivity index (χ3v) is 6.10. The first-order chi connectivity index (χ1) is 15.6. The molecule has 6 nitrogen and oxygen atoms in total. The molecule has 0 unspecified atom stereocenters. The normalized spacial score (nSPS) is 13.1. The summed E-state index contributed by atoms with van der Waals surface area (Å²) in [6, 6.07) is 14.6. The molecule has 0 fully saturated rings. The Morgan fingerprint density at radius 2 is 1.94 bits per heavy atom. The fourth-order valence-electron chi connectivity index (χ4n) is 4.05. The maximum absolute atomic E-state index is 12.8. The van der Waals surface area contributed by atoms with Crippen LogP contribution in [0.4, 0.5) is 5.88 Å². The number of carbonyl (C=O) groups excluding carboxylic acids is 1. The number of aromatic nitrogens is 2. The largest absolute Gasteiger partial charge is 0.494 e. The lowest BCUT2D eigenvalue weighted by atomic mass is 9.94. The number of fused-ring (bicyclic) bond motifs is 2. The van der Waals surface area contributed by atoms with Crippen LogP contribution >= 0.6 is 11.6 Å². The Bertz CT molecular complexity index is 1300. The molecular formula is C25H22ClN3O3. The van der Waals surface area contributed by atoms with Crippen molar-refractivity contribution >= 4 is 34.3 Å². The quantitative estimate of drug-likeness (QED) is 0.401. The van der Waals surface area contributed by atoms with Crippen LogP contribution in [0.15, 0.2) is 53.1 Å². The van der Waals surface area contributed by atoms with Crippen LogP contribution in [-0.4, -0.2) is 22.7 Å². The minimum absolute atomic E-state index is 0.274. The van der Waals surface area contributed by atoms with E-state index in [2.05, 4.69) is 10.5 Å². The molecule has 0 atom stereocenters. The number of rotatable bonds is 5. The van der Waals surface area contributed by atoms with Crippen LogP contribution < -0.4 is 10.1 Å². The van der Waals surface area contributed by atoms with E-state index in [4.69, 9.17) is 25.8 Å². The second-order valence-electron chi connectivity index (χ2n) is 7.78. The zero-order valence-corrected chi connectivity index (χ0v) is 18.4. The average Bonchev–Trinajstić information content (AvgIpc) is 3.28. The Morgan fingerprint density at radius 3 is 2.75 bits per heavy atom. The molecule has 0 saturated carbocycles. The molecule has 2 aromatic heterocycles. The van der Waals surface area contributed by atoms with Crippen LogP contribution in [0.3, 0.4) is 0 Å². The monoisotopic (exact) mass is 447 g/mol. The summed E-state index contributed by atoms with van der Waals surface area (Å²) in [6.07, 6.45) is 4.13. The lowest BCUT2D eigenvalue weighted by Gasteiger charge is -2.17. The highest BCUT2D eigenvalue weighted by Crippen LogP contribution is 2.33. The first-order valence-corrected chi connectivity index (χ1v) is 11.1. The zero-order valence-electron chi connectivity index (χ0n) is 17.7. The van der Waals surface area contributed by atoms with Gasteiger partial charge in [-0.15, -0.1) is 0 Å². The molecule has 162 valence electrons. The van der Waals surface area contributed by atoms with Crippen LogP contribution in [0.2, 0.25) is 5.02 Å². The van der Waals surface area contributed by atoms with Crippen molar-refractivity contribution in [3.63, 3.8) is 0 Å². The summed E-state index contributed by atoms with van der Waals surface area (Å²) in [5.41, 5.74) is 4.90. The summed E-state index contributed by atoms with van der Waals surface area (Å²) in [5.74, 6) is 0.770. The van der Waals surface area contributed by atoms with Gasteiger partial charge in [-0.1, -0.05) is 22.8 Å². The zero-order chi connectivity index (χ0) is 22.1. The summed E-state index contributed by atoms with van der Waals surface area (Å²) in [5, 5.41) is 8.46. The predicted octanol–water partition coefficient (Wildman–Crippen LogP) is 6.07. The number of amides is 1. The van der Waals surface area contributed by atoms with E-state index in [1.165, 1.54) is 0 Å². The van der Waals surface area contributed by atoms with Gasteiger partial charge >= 0.3 is 0 Å². The Kier molecular flexibility index (Phi) is 5.53. The number of halogens is 1. The molecule has 1 amide bonds. The van der Waals surface area contributed by atoms with Crippen LogP contribution in [0.25, 0.3) is 22.2 Å². The number of nitrogens with zero attached hydrogens (tertiary/aromatic N) is 2. The molecule has 1 aliphatic carbocycles. The third-order valence-electron chi connectivity index (χ3n) is 5.66. The maximum atomic E-state index is 12.8. The first kappa shape index (κ1) is 20.5. The minimum Gasteiger partial charge on any atom is -0.494 e. The Balaban J connectivity index is 1.36. The average molecular weight is 448 g/mol. The molecular weight excluding hydrogens is 426 g/mol. The molecule has 0 saturated heterocycles. The van der Waals surface area contributed by atoms with Crippen molar-refractivity contribution in [3.05, 3.63) is 70.4 Å². The molecule has 1 aliphatic rings. The van der Waals surface area contributed by atoms with E-state index in [1.54, 1.807) is 18.2 Å². The van der Waals surface area contributed by atoms with E-state index in [0.29, 0.717) is 17.9 Å². The third kappa shape index (κ3) is 3.94. The number of hydrogen-bond acceptors (Lipinski definition) is 5. The molecule has 2 aromatic carbocycles. The second-order valence-corrected chi connectivity index (χ2v) is 8.16. The molecule has 7 heteroatoms. The Morgan fingerprint density at radius 1 is 1.12 bits per heavy atom. The standard InChI is InChI=1S/C25H22ClN3O3/c1-2-31-17-10-7-15(8-11-17)21-14-23(32-29-21)28-25(30)16-9-12-19-22(13-16)27-20-6-4-3-5-18(20)24(19)26/h7-14H,2-6H2,1H3,(H,28,30). The molecule has 0 spiro atoms. The van der Waals surface area contributed by atoms with Gasteiger partial charge in [-0.3, -0.25) is 15.1 Å². The van der Waals surface area contributed by atoms with Crippen molar-refractivity contribution in [3.8, 4) is 17.0 Å². The van der Waals surface area contributed by atoms with Gasteiger partial charge in [0.05, 0.1) is 17.1 Å². The number of carbonyl (C=O) groups is 1. The van der Waals surface area contributed by atoms with Gasteiger partial charge in [0.1, 0.15) is 11.4 Å². The minimum atomic E-state index is -0.295. The van der Waals surface area contributed by atoms with E-state index < -0.39 is 0 Å². The molecule has 4 aromatic rings. The topological polar surface area (TPSA) is 77.2 Å². The van der Waals surface area contributed by atoms with Crippen molar-refractivity contribution in [1.29, 1.82) is 0 Å². The summed E-state index contributed by atoms with van der Waals surface area (Å²) in [6.45, 7) is 2.55. The number of pyridine rings is 1. The molecule has 2 heterocycles. The highest BCUT2D eigenvalue weighted by molar-refractivity contribution is 6.36. The smallest absolute Gasteiger partial charge is 0.258 e. The van der Waals surface area contributed by atoms with Crippen molar-refractivity contribution in [2.24, 2.45) is 0 Å². The number of benzene rings is 2. The van der Waals surface area contributed by atoms with Gasteiger partial charge in [0.15, 0.2) is 0 Å². The van der Waals surface area contributed by atoms with Gasteiger partial charge in [0.25, 0.3) is 5.91 Å². The molecule has 32 heavy (non-hydrogen) atoms. The van der Waals surface area contributed by atoms with Crippen LogP contribution in [0.1, 0.15) is 41.4 Å². The highest BCUT2D eigenvalue weighted by Gasteiger charge is 2.18. The van der Waals surface area contributed by atoms with Crippen molar-refractivity contribution in [2.75, 3.05) is 11.9 Å². The molecule has 0 bridgehead atoms. The van der Waals surface area contributed by atoms with E-state index in [0.717, 1.165) is 64.2 Å². The fraction of sp³-hybridized carbons (Fsp3) is 0.240.